The zero-order valence-electron chi connectivity index (χ0n) is 10.7. The summed E-state index contributed by atoms with van der Waals surface area (Å²) < 4.78 is 0. The Hall–Kier alpha value is -1.38. The van der Waals surface area contributed by atoms with Gasteiger partial charge in [0.15, 0.2) is 0 Å². The van der Waals surface area contributed by atoms with Crippen molar-refractivity contribution in [1.82, 2.24) is 10.3 Å². The molecule has 0 amide bonds. The number of hydrogen-bond donors (Lipinski definition) is 1. The lowest BCUT2D eigenvalue weighted by molar-refractivity contribution is 0.403. The van der Waals surface area contributed by atoms with Crippen LogP contribution in [0.2, 0.25) is 5.02 Å². The number of aromatic nitrogens is 1. The highest BCUT2D eigenvalue weighted by atomic mass is 35.5. The largest absolute Gasteiger partial charge is 0.316 e. The SMILES string of the molecule is Clc1ccccc1C1CNCCC1c1cccnc1. The van der Waals surface area contributed by atoms with E-state index in [0.717, 1.165) is 24.5 Å². The van der Waals surface area contributed by atoms with Gasteiger partial charge >= 0.3 is 0 Å². The van der Waals surface area contributed by atoms with Crippen LogP contribution in [0.25, 0.3) is 0 Å². The van der Waals surface area contributed by atoms with Crippen LogP contribution in [0.15, 0.2) is 48.8 Å². The molecule has 0 spiro atoms. The molecule has 1 saturated heterocycles. The van der Waals surface area contributed by atoms with Gasteiger partial charge in [0.25, 0.3) is 0 Å². The number of halogens is 1. The zero-order chi connectivity index (χ0) is 13.1. The molecule has 0 bridgehead atoms. The third-order valence-corrected chi connectivity index (χ3v) is 4.24. The summed E-state index contributed by atoms with van der Waals surface area (Å²) in [6.45, 7) is 2.03. The topological polar surface area (TPSA) is 24.9 Å². The van der Waals surface area contributed by atoms with Crippen LogP contribution in [0, 0.1) is 0 Å². The van der Waals surface area contributed by atoms with Crippen molar-refractivity contribution in [2.75, 3.05) is 13.1 Å². The van der Waals surface area contributed by atoms with Crippen LogP contribution in [-0.4, -0.2) is 18.1 Å². The highest BCUT2D eigenvalue weighted by Gasteiger charge is 2.28. The van der Waals surface area contributed by atoms with E-state index in [9.17, 15) is 0 Å². The Morgan fingerprint density at radius 2 is 2.00 bits per heavy atom. The van der Waals surface area contributed by atoms with Gasteiger partial charge in [0, 0.05) is 29.9 Å². The second-order valence-electron chi connectivity index (χ2n) is 5.01. The fraction of sp³-hybridized carbons (Fsp3) is 0.312. The maximum absolute atomic E-state index is 6.37. The standard InChI is InChI=1S/C16H17ClN2/c17-16-6-2-1-5-14(16)15-11-19-9-7-13(15)12-4-3-8-18-10-12/h1-6,8,10,13,15,19H,7,9,11H2. The number of benzene rings is 1. The molecule has 2 aromatic rings. The first-order chi connectivity index (χ1) is 9.36. The average molecular weight is 273 g/mol. The molecule has 2 unspecified atom stereocenters. The van der Waals surface area contributed by atoms with Crippen LogP contribution in [0.1, 0.15) is 29.4 Å². The Bertz CT molecular complexity index is 541. The van der Waals surface area contributed by atoms with Crippen LogP contribution in [0.4, 0.5) is 0 Å². The van der Waals surface area contributed by atoms with E-state index in [-0.39, 0.29) is 0 Å². The van der Waals surface area contributed by atoms with Crippen LogP contribution in [0.5, 0.6) is 0 Å². The molecule has 3 heteroatoms. The summed E-state index contributed by atoms with van der Waals surface area (Å²) in [5.41, 5.74) is 2.55. The Labute approximate surface area is 118 Å². The second-order valence-corrected chi connectivity index (χ2v) is 5.42. The van der Waals surface area contributed by atoms with Crippen LogP contribution in [0.3, 0.4) is 0 Å². The molecule has 98 valence electrons. The number of nitrogens with one attached hydrogen (secondary N) is 1. The molecule has 1 aromatic heterocycles. The van der Waals surface area contributed by atoms with E-state index in [2.05, 4.69) is 28.5 Å². The lowest BCUT2D eigenvalue weighted by atomic mass is 9.78. The van der Waals surface area contributed by atoms with Crippen molar-refractivity contribution in [3.8, 4) is 0 Å². The number of hydrogen-bond acceptors (Lipinski definition) is 2. The molecule has 1 N–H and O–H groups in total. The van der Waals surface area contributed by atoms with Crippen LogP contribution >= 0.6 is 11.6 Å². The Morgan fingerprint density at radius 3 is 2.79 bits per heavy atom. The van der Waals surface area contributed by atoms with Crippen LogP contribution < -0.4 is 5.32 Å². The predicted molar refractivity (Wildman–Crippen MR) is 78.7 cm³/mol. The third kappa shape index (κ3) is 2.65. The molecule has 1 aliphatic heterocycles. The minimum atomic E-state index is 0.423. The first kappa shape index (κ1) is 12.6. The molecular weight excluding hydrogens is 256 g/mol. The van der Waals surface area contributed by atoms with Crippen molar-refractivity contribution < 1.29 is 0 Å². The summed E-state index contributed by atoms with van der Waals surface area (Å²) in [5.74, 6) is 0.918. The second kappa shape index (κ2) is 5.72. The minimum Gasteiger partial charge on any atom is -0.316 e. The van der Waals surface area contributed by atoms with E-state index < -0.39 is 0 Å². The molecule has 1 aliphatic rings. The van der Waals surface area contributed by atoms with Crippen molar-refractivity contribution in [3.63, 3.8) is 0 Å². The van der Waals surface area contributed by atoms with Crippen molar-refractivity contribution in [2.45, 2.75) is 18.3 Å². The maximum Gasteiger partial charge on any atom is 0.0441 e. The van der Waals surface area contributed by atoms with Crippen LogP contribution in [-0.2, 0) is 0 Å². The molecular formula is C16H17ClN2. The van der Waals surface area contributed by atoms with Gasteiger partial charge in [-0.05, 0) is 42.1 Å². The average Bonchev–Trinajstić information content (AvgIpc) is 2.49. The van der Waals surface area contributed by atoms with E-state index in [4.69, 9.17) is 11.6 Å². The third-order valence-electron chi connectivity index (χ3n) is 3.90. The van der Waals surface area contributed by atoms with Gasteiger partial charge in [-0.3, -0.25) is 4.98 Å². The first-order valence-corrected chi connectivity index (χ1v) is 7.09. The lowest BCUT2D eigenvalue weighted by Crippen LogP contribution is -2.34. The van der Waals surface area contributed by atoms with Crippen molar-refractivity contribution >= 4 is 11.6 Å². The van der Waals surface area contributed by atoms with Gasteiger partial charge < -0.3 is 5.32 Å². The van der Waals surface area contributed by atoms with Gasteiger partial charge in [-0.15, -0.1) is 0 Å². The van der Waals surface area contributed by atoms with Gasteiger partial charge in [0.05, 0.1) is 0 Å². The number of piperidine rings is 1. The number of nitrogens with zero attached hydrogens (tertiary/aromatic N) is 1. The quantitative estimate of drug-likeness (QED) is 0.904. The summed E-state index contributed by atoms with van der Waals surface area (Å²) >= 11 is 6.37. The molecule has 1 fully saturated rings. The van der Waals surface area contributed by atoms with Gasteiger partial charge in [0.2, 0.25) is 0 Å². The summed E-state index contributed by atoms with van der Waals surface area (Å²) in [5, 5.41) is 4.35. The van der Waals surface area contributed by atoms with E-state index in [0.29, 0.717) is 11.8 Å². The van der Waals surface area contributed by atoms with E-state index >= 15 is 0 Å². The smallest absolute Gasteiger partial charge is 0.0441 e. The summed E-state index contributed by atoms with van der Waals surface area (Å²) in [4.78, 5) is 4.26. The highest BCUT2D eigenvalue weighted by Crippen LogP contribution is 2.39. The van der Waals surface area contributed by atoms with E-state index in [1.807, 2.05) is 30.6 Å². The van der Waals surface area contributed by atoms with Gasteiger partial charge in [-0.25, -0.2) is 0 Å². The molecule has 2 atom stereocenters. The van der Waals surface area contributed by atoms with Gasteiger partial charge in [0.1, 0.15) is 0 Å². The number of rotatable bonds is 2. The maximum atomic E-state index is 6.37. The van der Waals surface area contributed by atoms with Gasteiger partial charge in [-0.2, -0.15) is 0 Å². The monoisotopic (exact) mass is 272 g/mol. The van der Waals surface area contributed by atoms with Gasteiger partial charge in [-0.1, -0.05) is 35.9 Å². The van der Waals surface area contributed by atoms with Crippen molar-refractivity contribution in [1.29, 1.82) is 0 Å². The molecule has 0 aliphatic carbocycles. The molecule has 0 saturated carbocycles. The summed E-state index contributed by atoms with van der Waals surface area (Å²) in [7, 11) is 0. The molecule has 2 heterocycles. The summed E-state index contributed by atoms with van der Waals surface area (Å²) in [6, 6.07) is 12.4. The lowest BCUT2D eigenvalue weighted by Gasteiger charge is -2.33. The fourth-order valence-corrected chi connectivity index (χ4v) is 3.23. The summed E-state index contributed by atoms with van der Waals surface area (Å²) in [6.07, 6.45) is 4.94. The minimum absolute atomic E-state index is 0.423. The normalized spacial score (nSPS) is 23.2. The van der Waals surface area contributed by atoms with Crippen molar-refractivity contribution in [3.05, 3.63) is 64.9 Å². The molecule has 0 radical (unpaired) electrons. The highest BCUT2D eigenvalue weighted by molar-refractivity contribution is 6.31. The zero-order valence-corrected chi connectivity index (χ0v) is 11.5. The molecule has 19 heavy (non-hydrogen) atoms. The molecule has 2 nitrogen and oxygen atoms in total. The Balaban J connectivity index is 1.96. The van der Waals surface area contributed by atoms with E-state index in [1.54, 1.807) is 0 Å². The van der Waals surface area contributed by atoms with Crippen molar-refractivity contribution in [2.24, 2.45) is 0 Å². The Morgan fingerprint density at radius 1 is 1.11 bits per heavy atom. The molecule has 1 aromatic carbocycles. The fourth-order valence-electron chi connectivity index (χ4n) is 2.96. The predicted octanol–water partition coefficient (Wildman–Crippen LogP) is 3.60. The Kier molecular flexibility index (Phi) is 3.81. The molecule has 3 rings (SSSR count). The van der Waals surface area contributed by atoms with E-state index in [1.165, 1.54) is 11.1 Å². The number of pyridine rings is 1. The first-order valence-electron chi connectivity index (χ1n) is 6.71.